The molecule has 4 aromatic rings. The van der Waals surface area contributed by atoms with E-state index in [1.165, 1.54) is 25.1 Å². The number of fused-ring (bicyclic) bond motifs is 1. The highest BCUT2D eigenvalue weighted by molar-refractivity contribution is 7.89. The van der Waals surface area contributed by atoms with E-state index in [0.717, 1.165) is 20.6 Å². The fourth-order valence-electron chi connectivity index (χ4n) is 4.45. The van der Waals surface area contributed by atoms with Crippen LogP contribution in [0.15, 0.2) is 95.9 Å². The number of hydrogen-bond donors (Lipinski definition) is 1. The highest BCUT2D eigenvalue weighted by Crippen LogP contribution is 2.28. The number of halogens is 2. The maximum atomic E-state index is 13.9. The molecule has 7 nitrogen and oxygen atoms in total. The summed E-state index contributed by atoms with van der Waals surface area (Å²) in [5, 5.41) is 4.96. The molecule has 4 rings (SSSR count). The lowest BCUT2D eigenvalue weighted by Gasteiger charge is -2.32. The highest BCUT2D eigenvalue weighted by atomic mass is 35.5. The number of nitrogens with zero attached hydrogens (tertiary/aromatic N) is 2. The number of nitrogens with one attached hydrogen (secondary N) is 1. The average molecular weight is 599 g/mol. The van der Waals surface area contributed by atoms with Gasteiger partial charge in [-0.3, -0.25) is 9.59 Å². The van der Waals surface area contributed by atoms with Gasteiger partial charge in [0, 0.05) is 42.7 Å². The van der Waals surface area contributed by atoms with Gasteiger partial charge in [0.15, 0.2) is 0 Å². The van der Waals surface area contributed by atoms with E-state index >= 15 is 0 Å². The predicted octanol–water partition coefficient (Wildman–Crippen LogP) is 5.15. The summed E-state index contributed by atoms with van der Waals surface area (Å²) in [4.78, 5) is 28.4. The number of carbonyl (C=O) groups is 2. The van der Waals surface area contributed by atoms with Gasteiger partial charge in [0.2, 0.25) is 21.8 Å². The van der Waals surface area contributed by atoms with Crippen LogP contribution in [-0.2, 0) is 32.6 Å². The maximum Gasteiger partial charge on any atom is 0.243 e. The quantitative estimate of drug-likeness (QED) is 0.274. The van der Waals surface area contributed by atoms with Crippen molar-refractivity contribution in [2.24, 2.45) is 0 Å². The summed E-state index contributed by atoms with van der Waals surface area (Å²) in [7, 11) is -1.20. The molecule has 0 spiro atoms. The molecule has 0 heterocycles. The molecule has 0 aliphatic rings. The van der Waals surface area contributed by atoms with Gasteiger partial charge in [-0.15, -0.1) is 0 Å². The molecule has 0 bridgehead atoms. The molecule has 10 heteroatoms. The summed E-state index contributed by atoms with van der Waals surface area (Å²) in [6.45, 7) is -0.592. The van der Waals surface area contributed by atoms with Crippen LogP contribution in [0.4, 0.5) is 0 Å². The number of carbonyl (C=O) groups excluding carboxylic acids is 2. The zero-order valence-corrected chi connectivity index (χ0v) is 24.4. The fraction of sp³-hybridized carbons (Fsp3) is 0.200. The minimum absolute atomic E-state index is 0.0642. The smallest absolute Gasteiger partial charge is 0.243 e. The first kappa shape index (κ1) is 29.6. The normalized spacial score (nSPS) is 12.3. The molecule has 1 N–H and O–H groups in total. The van der Waals surface area contributed by atoms with Crippen LogP contribution in [0.25, 0.3) is 10.8 Å². The molecule has 208 valence electrons. The van der Waals surface area contributed by atoms with Gasteiger partial charge in [-0.05, 0) is 40.6 Å². The van der Waals surface area contributed by atoms with Crippen molar-refractivity contribution in [1.29, 1.82) is 0 Å². The second-order valence-corrected chi connectivity index (χ2v) is 12.2. The molecular formula is C30H29Cl2N3O4S. The lowest BCUT2D eigenvalue weighted by atomic mass is 10.0. The van der Waals surface area contributed by atoms with Crippen molar-refractivity contribution in [1.82, 2.24) is 14.5 Å². The van der Waals surface area contributed by atoms with Gasteiger partial charge in [-0.25, -0.2) is 8.42 Å². The van der Waals surface area contributed by atoms with E-state index in [-0.39, 0.29) is 17.9 Å². The number of likely N-dealkylation sites (N-methyl/N-ethyl adjacent to an activating group) is 2. The topological polar surface area (TPSA) is 86.8 Å². The van der Waals surface area contributed by atoms with E-state index in [9.17, 15) is 18.0 Å². The molecule has 1 unspecified atom stereocenters. The Hall–Kier alpha value is -3.43. The van der Waals surface area contributed by atoms with Crippen molar-refractivity contribution in [2.75, 3.05) is 20.6 Å². The summed E-state index contributed by atoms with van der Waals surface area (Å²) >= 11 is 12.9. The minimum Gasteiger partial charge on any atom is -0.357 e. The largest absolute Gasteiger partial charge is 0.357 e. The molecule has 2 amide bonds. The van der Waals surface area contributed by atoms with E-state index in [1.54, 1.807) is 30.3 Å². The molecule has 0 fully saturated rings. The third kappa shape index (κ3) is 6.64. The SMILES string of the molecule is CNC(=O)C(Cc1ccccc1)N(Cc1c(Cl)cccc1Cl)C(=O)CN(C)S(=O)(=O)c1ccc2ccccc2c1. The lowest BCUT2D eigenvalue weighted by Crippen LogP contribution is -2.52. The van der Waals surface area contributed by atoms with Crippen LogP contribution in [0, 0.1) is 0 Å². The fourth-order valence-corrected chi connectivity index (χ4v) is 6.12. The molecule has 0 radical (unpaired) electrons. The first-order valence-corrected chi connectivity index (χ1v) is 14.7. The van der Waals surface area contributed by atoms with Crippen LogP contribution in [0.3, 0.4) is 0 Å². The van der Waals surface area contributed by atoms with Gasteiger partial charge in [0.1, 0.15) is 6.04 Å². The third-order valence-electron chi connectivity index (χ3n) is 6.69. The van der Waals surface area contributed by atoms with Crippen molar-refractivity contribution in [2.45, 2.75) is 23.9 Å². The van der Waals surface area contributed by atoms with Crippen LogP contribution in [-0.4, -0.2) is 56.1 Å². The number of hydrogen-bond acceptors (Lipinski definition) is 4. The lowest BCUT2D eigenvalue weighted by molar-refractivity contribution is -0.141. The Morgan fingerprint density at radius 1 is 0.850 bits per heavy atom. The molecule has 4 aromatic carbocycles. The molecule has 0 saturated heterocycles. The molecular weight excluding hydrogens is 569 g/mol. The van der Waals surface area contributed by atoms with Gasteiger partial charge < -0.3 is 10.2 Å². The van der Waals surface area contributed by atoms with Crippen LogP contribution >= 0.6 is 23.2 Å². The summed E-state index contributed by atoms with van der Waals surface area (Å²) < 4.78 is 28.0. The molecule has 0 aromatic heterocycles. The Labute approximate surface area is 244 Å². The maximum absolute atomic E-state index is 13.9. The van der Waals surface area contributed by atoms with E-state index in [4.69, 9.17) is 23.2 Å². The Morgan fingerprint density at radius 2 is 1.48 bits per heavy atom. The molecule has 0 saturated carbocycles. The second kappa shape index (κ2) is 12.8. The van der Waals surface area contributed by atoms with Crippen molar-refractivity contribution in [3.8, 4) is 0 Å². The Bertz CT molecular complexity index is 1610. The summed E-state index contributed by atoms with van der Waals surface area (Å²) in [6, 6.07) is 25.5. The van der Waals surface area contributed by atoms with Crippen molar-refractivity contribution in [3.63, 3.8) is 0 Å². The number of amides is 2. The van der Waals surface area contributed by atoms with Crippen LogP contribution in [0.1, 0.15) is 11.1 Å². The molecule has 0 aliphatic carbocycles. The van der Waals surface area contributed by atoms with Gasteiger partial charge in [0.25, 0.3) is 0 Å². The van der Waals surface area contributed by atoms with Crippen molar-refractivity contribution < 1.29 is 18.0 Å². The van der Waals surface area contributed by atoms with Gasteiger partial charge in [-0.2, -0.15) is 4.31 Å². The summed E-state index contributed by atoms with van der Waals surface area (Å²) in [5.74, 6) is -0.979. The Morgan fingerprint density at radius 3 is 2.12 bits per heavy atom. The zero-order chi connectivity index (χ0) is 28.9. The monoisotopic (exact) mass is 597 g/mol. The molecule has 40 heavy (non-hydrogen) atoms. The Balaban J connectivity index is 1.68. The summed E-state index contributed by atoms with van der Waals surface area (Å²) in [6.07, 6.45) is 0.204. The van der Waals surface area contributed by atoms with Gasteiger partial charge >= 0.3 is 0 Å². The second-order valence-electron chi connectivity index (χ2n) is 9.31. The first-order valence-electron chi connectivity index (χ1n) is 12.5. The van der Waals surface area contributed by atoms with E-state index in [1.807, 2.05) is 54.6 Å². The van der Waals surface area contributed by atoms with E-state index in [2.05, 4.69) is 5.32 Å². The number of rotatable bonds is 10. The molecule has 0 aliphatic heterocycles. The minimum atomic E-state index is -4.03. The van der Waals surface area contributed by atoms with Crippen LogP contribution in [0.5, 0.6) is 0 Å². The number of sulfonamides is 1. The predicted molar refractivity (Wildman–Crippen MR) is 159 cm³/mol. The van der Waals surface area contributed by atoms with Gasteiger partial charge in [-0.1, -0.05) is 89.9 Å². The average Bonchev–Trinajstić information content (AvgIpc) is 2.95. The van der Waals surface area contributed by atoms with Crippen LogP contribution < -0.4 is 5.32 Å². The first-order chi connectivity index (χ1) is 19.1. The molecule has 1 atom stereocenters. The highest BCUT2D eigenvalue weighted by Gasteiger charge is 2.33. The summed E-state index contributed by atoms with van der Waals surface area (Å²) in [5.41, 5.74) is 1.29. The standard InChI is InChI=1S/C30H29Cl2N3O4S/c1-33-30(37)28(17-21-9-4-3-5-10-21)35(19-25-26(31)13-8-14-27(25)32)29(36)20-34(2)40(38,39)24-16-15-22-11-6-7-12-23(22)18-24/h3-16,18,28H,17,19-20H2,1-2H3,(H,33,37). The van der Waals surface area contributed by atoms with E-state index in [0.29, 0.717) is 15.6 Å². The van der Waals surface area contributed by atoms with Crippen molar-refractivity contribution in [3.05, 3.63) is 112 Å². The Kier molecular flexibility index (Phi) is 9.48. The van der Waals surface area contributed by atoms with Gasteiger partial charge in [0.05, 0.1) is 11.4 Å². The zero-order valence-electron chi connectivity index (χ0n) is 22.1. The van der Waals surface area contributed by atoms with Crippen molar-refractivity contribution >= 4 is 55.8 Å². The van der Waals surface area contributed by atoms with E-state index < -0.39 is 34.4 Å². The van der Waals surface area contributed by atoms with Crippen LogP contribution in [0.2, 0.25) is 10.0 Å². The third-order valence-corrected chi connectivity index (χ3v) is 9.20. The number of benzene rings is 4.